The van der Waals surface area contributed by atoms with Crippen molar-refractivity contribution in [1.29, 1.82) is 0 Å². The van der Waals surface area contributed by atoms with Crippen LogP contribution in [0.15, 0.2) is 11.3 Å². The molecule has 0 aromatic carbocycles. The molecule has 10 nitrogen and oxygen atoms in total. The fraction of sp³-hybridized carbons (Fsp3) is 0.611. The van der Waals surface area contributed by atoms with Gasteiger partial charge in [-0.05, 0) is 19.8 Å². The van der Waals surface area contributed by atoms with Crippen LogP contribution in [0.2, 0.25) is 0 Å². The van der Waals surface area contributed by atoms with Gasteiger partial charge in [-0.2, -0.15) is 0 Å². The lowest BCUT2D eigenvalue weighted by Gasteiger charge is -2.52. The van der Waals surface area contributed by atoms with E-state index < -0.39 is 76.5 Å². The molecule has 0 spiro atoms. The molecule has 2 aliphatic rings. The molecular weight excluding hydrogens is 376 g/mol. The monoisotopic (exact) mass is 398 g/mol. The standard InChI is InChI=1S/C18H22O10/c1-16(13(22)26-3)7-18(15(24)28-5)8-17(12(16)21,14(23)27-4)6-9(10(18)19)11(20)25-2/h19H,6-8H2,1-5H3/t16-,17-,18-/m0/s1. The number of carbonyl (C=O) groups excluding carboxylic acids is 5. The highest BCUT2D eigenvalue weighted by molar-refractivity contribution is 6.17. The highest BCUT2D eigenvalue weighted by Gasteiger charge is 2.72. The van der Waals surface area contributed by atoms with E-state index in [-0.39, 0.29) is 0 Å². The van der Waals surface area contributed by atoms with Gasteiger partial charge in [0.2, 0.25) is 0 Å². The van der Waals surface area contributed by atoms with Crippen molar-refractivity contribution in [2.24, 2.45) is 16.2 Å². The number of aliphatic hydroxyl groups excluding tert-OH is 1. The van der Waals surface area contributed by atoms with E-state index in [9.17, 15) is 29.1 Å². The number of carbonyl (C=O) groups is 5. The Morgan fingerprint density at radius 3 is 1.79 bits per heavy atom. The molecule has 1 fully saturated rings. The van der Waals surface area contributed by atoms with Gasteiger partial charge in [-0.1, -0.05) is 0 Å². The zero-order valence-corrected chi connectivity index (χ0v) is 16.2. The molecule has 154 valence electrons. The molecule has 28 heavy (non-hydrogen) atoms. The maximum absolute atomic E-state index is 13.4. The number of ether oxygens (including phenoxy) is 4. The van der Waals surface area contributed by atoms with Crippen LogP contribution < -0.4 is 0 Å². The summed E-state index contributed by atoms with van der Waals surface area (Å²) >= 11 is 0. The maximum Gasteiger partial charge on any atom is 0.337 e. The van der Waals surface area contributed by atoms with Crippen LogP contribution in [0.4, 0.5) is 0 Å². The summed E-state index contributed by atoms with van der Waals surface area (Å²) in [5.41, 5.74) is -6.49. The number of aliphatic hydroxyl groups is 1. The third-order valence-electron chi connectivity index (χ3n) is 5.63. The largest absolute Gasteiger partial charge is 0.511 e. The van der Waals surface area contributed by atoms with Crippen molar-refractivity contribution in [3.8, 4) is 0 Å². The van der Waals surface area contributed by atoms with Crippen LogP contribution in [-0.4, -0.2) is 63.2 Å². The Morgan fingerprint density at radius 2 is 1.32 bits per heavy atom. The van der Waals surface area contributed by atoms with Gasteiger partial charge in [-0.25, -0.2) is 4.79 Å². The third kappa shape index (κ3) is 2.58. The second-order valence-corrected chi connectivity index (χ2v) is 7.15. The van der Waals surface area contributed by atoms with Crippen molar-refractivity contribution in [3.63, 3.8) is 0 Å². The summed E-state index contributed by atoms with van der Waals surface area (Å²) in [4.78, 5) is 63.6. The van der Waals surface area contributed by atoms with Crippen LogP contribution in [0.25, 0.3) is 0 Å². The molecule has 0 amide bonds. The normalized spacial score (nSPS) is 31.7. The summed E-state index contributed by atoms with van der Waals surface area (Å²) in [6.45, 7) is 1.21. The Morgan fingerprint density at radius 1 is 0.821 bits per heavy atom. The van der Waals surface area contributed by atoms with Gasteiger partial charge in [-0.15, -0.1) is 0 Å². The zero-order valence-electron chi connectivity index (χ0n) is 16.2. The second kappa shape index (κ2) is 6.92. The first-order chi connectivity index (χ1) is 13.0. The Bertz CT molecular complexity index is 796. The number of ketones is 1. The minimum Gasteiger partial charge on any atom is -0.511 e. The van der Waals surface area contributed by atoms with Gasteiger partial charge >= 0.3 is 23.9 Å². The Balaban J connectivity index is 2.92. The lowest BCUT2D eigenvalue weighted by atomic mass is 9.47. The number of esters is 4. The van der Waals surface area contributed by atoms with Crippen LogP contribution in [-0.2, 0) is 42.9 Å². The van der Waals surface area contributed by atoms with Crippen LogP contribution in [0.5, 0.6) is 0 Å². The summed E-state index contributed by atoms with van der Waals surface area (Å²) in [5.74, 6) is -5.64. The zero-order chi connectivity index (χ0) is 21.5. The molecule has 2 rings (SSSR count). The quantitative estimate of drug-likeness (QED) is 0.397. The molecule has 10 heteroatoms. The summed E-state index contributed by atoms with van der Waals surface area (Å²) in [7, 11) is 4.17. The number of methoxy groups -OCH3 is 4. The molecule has 0 heterocycles. The predicted octanol–water partition coefficient (Wildman–Crippen LogP) is 0.236. The van der Waals surface area contributed by atoms with Crippen LogP contribution in [0, 0.1) is 16.2 Å². The molecule has 1 saturated carbocycles. The summed E-state index contributed by atoms with van der Waals surface area (Å²) < 4.78 is 18.9. The molecule has 3 atom stereocenters. The van der Waals surface area contributed by atoms with Crippen molar-refractivity contribution in [1.82, 2.24) is 0 Å². The number of hydrogen-bond donors (Lipinski definition) is 1. The number of rotatable bonds is 4. The molecule has 1 N–H and O–H groups in total. The van der Waals surface area contributed by atoms with Crippen LogP contribution >= 0.6 is 0 Å². The minimum absolute atomic E-state index is 0.426. The maximum atomic E-state index is 13.4. The number of Topliss-reactive ketones (excluding diaryl/α,β-unsaturated/α-hetero) is 1. The predicted molar refractivity (Wildman–Crippen MR) is 89.5 cm³/mol. The third-order valence-corrected chi connectivity index (χ3v) is 5.63. The second-order valence-electron chi connectivity index (χ2n) is 7.15. The van der Waals surface area contributed by atoms with E-state index in [1.165, 1.54) is 6.92 Å². The molecule has 0 aromatic heterocycles. The lowest BCUT2D eigenvalue weighted by molar-refractivity contribution is -0.185. The van der Waals surface area contributed by atoms with Crippen LogP contribution in [0.1, 0.15) is 26.2 Å². The van der Waals surface area contributed by atoms with Crippen molar-refractivity contribution in [2.75, 3.05) is 28.4 Å². The van der Waals surface area contributed by atoms with E-state index in [1.807, 2.05) is 0 Å². The van der Waals surface area contributed by atoms with E-state index in [4.69, 9.17) is 14.2 Å². The van der Waals surface area contributed by atoms with Gasteiger partial charge < -0.3 is 24.1 Å². The molecule has 2 aliphatic carbocycles. The molecule has 2 bridgehead atoms. The van der Waals surface area contributed by atoms with Crippen LogP contribution in [0.3, 0.4) is 0 Å². The fourth-order valence-electron chi connectivity index (χ4n) is 4.41. The number of hydrogen-bond acceptors (Lipinski definition) is 10. The van der Waals surface area contributed by atoms with Gasteiger partial charge in [0.25, 0.3) is 0 Å². The highest BCUT2D eigenvalue weighted by Crippen LogP contribution is 2.61. The number of fused-ring (bicyclic) bond motifs is 2. The SMILES string of the molecule is COC(=O)C1=C(O)[C@]2(C(=O)OC)C[C@](C)(C(=O)OC)C(=O)[C@](C(=O)OC)(C1)C2. The van der Waals surface area contributed by atoms with E-state index in [2.05, 4.69) is 4.74 Å². The van der Waals surface area contributed by atoms with Crippen molar-refractivity contribution in [3.05, 3.63) is 11.3 Å². The molecule has 0 saturated heterocycles. The van der Waals surface area contributed by atoms with E-state index in [1.54, 1.807) is 0 Å². The van der Waals surface area contributed by atoms with E-state index in [0.717, 1.165) is 28.4 Å². The molecule has 0 aliphatic heterocycles. The molecule has 0 aromatic rings. The topological polar surface area (TPSA) is 142 Å². The van der Waals surface area contributed by atoms with E-state index in [0.29, 0.717) is 0 Å². The average Bonchev–Trinajstić information content (AvgIpc) is 2.71. The van der Waals surface area contributed by atoms with Gasteiger partial charge in [0.05, 0.1) is 34.0 Å². The highest BCUT2D eigenvalue weighted by atomic mass is 16.5. The van der Waals surface area contributed by atoms with Crippen molar-refractivity contribution in [2.45, 2.75) is 26.2 Å². The fourth-order valence-corrected chi connectivity index (χ4v) is 4.41. The average molecular weight is 398 g/mol. The lowest BCUT2D eigenvalue weighted by Crippen LogP contribution is -2.64. The smallest absolute Gasteiger partial charge is 0.337 e. The molecule has 0 unspecified atom stereocenters. The first-order valence-electron chi connectivity index (χ1n) is 8.32. The summed E-state index contributed by atoms with van der Waals surface area (Å²) in [5, 5.41) is 10.8. The van der Waals surface area contributed by atoms with E-state index >= 15 is 0 Å². The molecule has 0 radical (unpaired) electrons. The van der Waals surface area contributed by atoms with Gasteiger partial charge in [0, 0.05) is 6.42 Å². The van der Waals surface area contributed by atoms with Gasteiger partial charge in [0.1, 0.15) is 22.0 Å². The Labute approximate surface area is 160 Å². The van der Waals surface area contributed by atoms with Crippen molar-refractivity contribution < 1.29 is 48.0 Å². The summed E-state index contributed by atoms with van der Waals surface area (Å²) in [6, 6.07) is 0. The first-order valence-corrected chi connectivity index (χ1v) is 8.32. The van der Waals surface area contributed by atoms with Crippen molar-refractivity contribution >= 4 is 29.7 Å². The molecular formula is C18H22O10. The van der Waals surface area contributed by atoms with Gasteiger partial charge in [0.15, 0.2) is 5.78 Å². The Kier molecular flexibility index (Phi) is 5.28. The first kappa shape index (κ1) is 21.4. The minimum atomic E-state index is -2.08. The van der Waals surface area contributed by atoms with Gasteiger partial charge in [-0.3, -0.25) is 19.2 Å². The Hall–Kier alpha value is -2.91. The summed E-state index contributed by atoms with van der Waals surface area (Å²) in [6.07, 6.45) is -1.66.